The molecule has 1 N–H and O–H groups in total. The molecule has 0 fully saturated rings. The van der Waals surface area contributed by atoms with Crippen LogP contribution in [0.2, 0.25) is 0 Å². The fraction of sp³-hybridized carbons (Fsp3) is 0.304. The number of nitrogens with one attached hydrogen (secondary N) is 1. The lowest BCUT2D eigenvalue weighted by atomic mass is 10.2. The number of nitrogens with zero attached hydrogens (tertiary/aromatic N) is 2. The lowest BCUT2D eigenvalue weighted by Gasteiger charge is -2.14. The maximum absolute atomic E-state index is 13.1. The molecule has 1 aromatic heterocycles. The summed E-state index contributed by atoms with van der Waals surface area (Å²) in [5.74, 6) is 0.573. The number of halogens is 3. The van der Waals surface area contributed by atoms with E-state index in [-0.39, 0.29) is 11.3 Å². The fourth-order valence-electron chi connectivity index (χ4n) is 3.08. The van der Waals surface area contributed by atoms with Crippen LogP contribution >= 0.6 is 0 Å². The topological polar surface area (TPSA) is 65.4 Å². The van der Waals surface area contributed by atoms with E-state index >= 15 is 0 Å². The molecule has 0 spiro atoms. The molecule has 0 atom stereocenters. The van der Waals surface area contributed by atoms with Gasteiger partial charge in [-0.3, -0.25) is 4.79 Å². The average Bonchev–Trinajstić information content (AvgIpc) is 3.15. The molecule has 3 aromatic rings. The van der Waals surface area contributed by atoms with Crippen molar-refractivity contribution in [3.8, 4) is 17.2 Å². The Balaban J connectivity index is 1.87. The molecular weight excluding hydrogens is 423 g/mol. The third-order valence-corrected chi connectivity index (χ3v) is 4.86. The van der Waals surface area contributed by atoms with Crippen LogP contribution in [0.3, 0.4) is 0 Å². The molecule has 1 heterocycles. The maximum Gasteiger partial charge on any atom is 0.416 e. The quantitative estimate of drug-likeness (QED) is 0.454. The third-order valence-electron chi connectivity index (χ3n) is 4.86. The first kappa shape index (κ1) is 23.2. The average molecular weight is 447 g/mol. The Bertz CT molecular complexity index is 1090. The molecule has 0 aliphatic rings. The van der Waals surface area contributed by atoms with Gasteiger partial charge in [0.15, 0.2) is 0 Å². The Morgan fingerprint density at radius 3 is 2.66 bits per heavy atom. The van der Waals surface area contributed by atoms with Crippen molar-refractivity contribution in [2.24, 2.45) is 0 Å². The summed E-state index contributed by atoms with van der Waals surface area (Å²) in [5.41, 5.74) is 0.474. The molecule has 9 heteroatoms. The molecule has 0 radical (unpaired) electrons. The van der Waals surface area contributed by atoms with Crippen molar-refractivity contribution in [2.75, 3.05) is 19.0 Å². The largest absolute Gasteiger partial charge is 0.497 e. The van der Waals surface area contributed by atoms with Crippen LogP contribution in [0.5, 0.6) is 11.5 Å². The van der Waals surface area contributed by atoms with Gasteiger partial charge in [-0.25, -0.2) is 4.68 Å². The fourth-order valence-corrected chi connectivity index (χ4v) is 3.08. The number of carbonyl (C=O) groups is 1. The zero-order valence-corrected chi connectivity index (χ0v) is 18.0. The van der Waals surface area contributed by atoms with Gasteiger partial charge >= 0.3 is 6.18 Å². The van der Waals surface area contributed by atoms with Crippen LogP contribution in [0.15, 0.2) is 48.7 Å². The minimum absolute atomic E-state index is 0.210. The highest BCUT2D eigenvalue weighted by Crippen LogP contribution is 2.32. The van der Waals surface area contributed by atoms with Crippen molar-refractivity contribution in [2.45, 2.75) is 32.9 Å². The van der Waals surface area contributed by atoms with E-state index in [4.69, 9.17) is 9.47 Å². The van der Waals surface area contributed by atoms with E-state index < -0.39 is 17.6 Å². The van der Waals surface area contributed by atoms with Gasteiger partial charge < -0.3 is 14.8 Å². The van der Waals surface area contributed by atoms with E-state index in [1.54, 1.807) is 25.1 Å². The second-order valence-corrected chi connectivity index (χ2v) is 7.12. The Hall–Kier alpha value is -3.49. The number of aromatic nitrogens is 2. The number of ether oxygens (including phenoxy) is 2. The zero-order valence-electron chi connectivity index (χ0n) is 18.0. The molecule has 0 bridgehead atoms. The lowest BCUT2D eigenvalue weighted by Crippen LogP contribution is -2.14. The second-order valence-electron chi connectivity index (χ2n) is 7.12. The summed E-state index contributed by atoms with van der Waals surface area (Å²) in [6.45, 7) is 4.16. The molecule has 6 nitrogen and oxygen atoms in total. The van der Waals surface area contributed by atoms with Gasteiger partial charge in [-0.1, -0.05) is 19.4 Å². The number of unbranched alkanes of at least 4 members (excludes halogenated alkanes) is 1. The molecule has 3 rings (SSSR count). The van der Waals surface area contributed by atoms with Crippen LogP contribution < -0.4 is 14.8 Å². The molecule has 2 aromatic carbocycles. The molecule has 0 saturated carbocycles. The van der Waals surface area contributed by atoms with E-state index in [2.05, 4.69) is 10.4 Å². The monoisotopic (exact) mass is 447 g/mol. The van der Waals surface area contributed by atoms with Gasteiger partial charge in [-0.2, -0.15) is 18.3 Å². The zero-order chi connectivity index (χ0) is 23.3. The Morgan fingerprint density at radius 2 is 1.97 bits per heavy atom. The van der Waals surface area contributed by atoms with Crippen molar-refractivity contribution in [1.82, 2.24) is 9.78 Å². The van der Waals surface area contributed by atoms with E-state index in [1.165, 1.54) is 30.1 Å². The third kappa shape index (κ3) is 5.22. The predicted molar refractivity (Wildman–Crippen MR) is 115 cm³/mol. The second kappa shape index (κ2) is 9.76. The first-order valence-electron chi connectivity index (χ1n) is 10.1. The standard InChI is InChI=1S/C23H24F3N3O3/c1-4-5-11-32-21-10-9-18(31-3)13-20(21)28-22(30)19-14-27-29(15(19)2)17-8-6-7-16(12-17)23(24,25)26/h6-10,12-14H,4-5,11H2,1-3H3,(H,28,30). The first-order valence-corrected chi connectivity index (χ1v) is 10.1. The number of amides is 1. The van der Waals surface area contributed by atoms with Gasteiger partial charge in [0.05, 0.1) is 48.1 Å². The summed E-state index contributed by atoms with van der Waals surface area (Å²) >= 11 is 0. The van der Waals surface area contributed by atoms with Crippen LogP contribution in [-0.4, -0.2) is 29.4 Å². The minimum atomic E-state index is -4.47. The highest BCUT2D eigenvalue weighted by molar-refractivity contribution is 6.05. The highest BCUT2D eigenvalue weighted by Gasteiger charge is 2.30. The molecule has 0 saturated heterocycles. The normalized spacial score (nSPS) is 11.3. The Kier molecular flexibility index (Phi) is 7.07. The van der Waals surface area contributed by atoms with Gasteiger partial charge in [-0.05, 0) is 43.7 Å². The van der Waals surface area contributed by atoms with Gasteiger partial charge in [0.25, 0.3) is 5.91 Å². The van der Waals surface area contributed by atoms with E-state index in [0.717, 1.165) is 25.0 Å². The van der Waals surface area contributed by atoms with Crippen LogP contribution in [0, 0.1) is 6.92 Å². The number of alkyl halides is 3. The van der Waals surface area contributed by atoms with E-state index in [0.29, 0.717) is 29.5 Å². The predicted octanol–water partition coefficient (Wildman–Crippen LogP) is 5.64. The van der Waals surface area contributed by atoms with E-state index in [9.17, 15) is 18.0 Å². The Labute approximate surface area is 184 Å². The highest BCUT2D eigenvalue weighted by atomic mass is 19.4. The molecule has 0 unspecified atom stereocenters. The van der Waals surface area contributed by atoms with Crippen molar-refractivity contribution in [3.63, 3.8) is 0 Å². The number of carbonyl (C=O) groups excluding carboxylic acids is 1. The number of anilines is 1. The van der Waals surface area contributed by atoms with Crippen LogP contribution in [0.25, 0.3) is 5.69 Å². The van der Waals surface area contributed by atoms with Gasteiger partial charge in [0.2, 0.25) is 0 Å². The number of methoxy groups -OCH3 is 1. The summed E-state index contributed by atoms with van der Waals surface area (Å²) in [4.78, 5) is 12.9. The molecule has 170 valence electrons. The van der Waals surface area contributed by atoms with Gasteiger partial charge in [-0.15, -0.1) is 0 Å². The summed E-state index contributed by atoms with van der Waals surface area (Å²) in [6, 6.07) is 9.86. The van der Waals surface area contributed by atoms with Crippen molar-refractivity contribution in [1.29, 1.82) is 0 Å². The van der Waals surface area contributed by atoms with Crippen LogP contribution in [0.1, 0.15) is 41.4 Å². The molecule has 0 aliphatic carbocycles. The van der Waals surface area contributed by atoms with Gasteiger partial charge in [0.1, 0.15) is 11.5 Å². The number of benzene rings is 2. The number of rotatable bonds is 8. The van der Waals surface area contributed by atoms with Crippen molar-refractivity contribution >= 4 is 11.6 Å². The SMILES string of the molecule is CCCCOc1ccc(OC)cc1NC(=O)c1cnn(-c2cccc(C(F)(F)F)c2)c1C. The summed E-state index contributed by atoms with van der Waals surface area (Å²) in [7, 11) is 1.52. The van der Waals surface area contributed by atoms with E-state index in [1.807, 2.05) is 6.92 Å². The van der Waals surface area contributed by atoms with Gasteiger partial charge in [0, 0.05) is 6.07 Å². The van der Waals surface area contributed by atoms with Crippen molar-refractivity contribution < 1.29 is 27.4 Å². The van der Waals surface area contributed by atoms with Crippen molar-refractivity contribution in [3.05, 3.63) is 65.5 Å². The molecular formula is C23H24F3N3O3. The minimum Gasteiger partial charge on any atom is -0.497 e. The summed E-state index contributed by atoms with van der Waals surface area (Å²) in [5, 5.41) is 6.91. The smallest absolute Gasteiger partial charge is 0.416 e. The molecule has 0 aliphatic heterocycles. The summed E-state index contributed by atoms with van der Waals surface area (Å²) in [6.07, 6.45) is -1.32. The number of hydrogen-bond acceptors (Lipinski definition) is 4. The molecule has 32 heavy (non-hydrogen) atoms. The summed E-state index contributed by atoms with van der Waals surface area (Å²) < 4.78 is 51.5. The van der Waals surface area contributed by atoms with Crippen LogP contribution in [0.4, 0.5) is 18.9 Å². The lowest BCUT2D eigenvalue weighted by molar-refractivity contribution is -0.137. The number of hydrogen-bond donors (Lipinski definition) is 1. The first-order chi connectivity index (χ1) is 15.2. The molecule has 1 amide bonds. The van der Waals surface area contributed by atoms with Crippen LogP contribution in [-0.2, 0) is 6.18 Å². The maximum atomic E-state index is 13.1. The Morgan fingerprint density at radius 1 is 1.19 bits per heavy atom.